The van der Waals surface area contributed by atoms with E-state index in [2.05, 4.69) is 10.1 Å². The number of hydrogen-bond donors (Lipinski definition) is 1. The van der Waals surface area contributed by atoms with Crippen LogP contribution in [0.2, 0.25) is 5.02 Å². The molecule has 1 amide bonds. The highest BCUT2D eigenvalue weighted by Crippen LogP contribution is 2.31. The Kier molecular flexibility index (Phi) is 3.82. The summed E-state index contributed by atoms with van der Waals surface area (Å²) in [6.45, 7) is 1.80. The highest BCUT2D eigenvalue weighted by molar-refractivity contribution is 8.26. The first-order valence-corrected chi connectivity index (χ1v) is 8.54. The molecule has 0 saturated carbocycles. The summed E-state index contributed by atoms with van der Waals surface area (Å²) in [4.78, 5) is 16.2. The fraction of sp³-hybridized carbons (Fsp3) is 0.0588. The zero-order valence-electron chi connectivity index (χ0n) is 13.0. The van der Waals surface area contributed by atoms with Crippen LogP contribution >= 0.6 is 23.4 Å². The molecule has 2 aromatic rings. The highest BCUT2D eigenvalue weighted by Gasteiger charge is 2.34. The molecule has 3 heterocycles. The molecule has 0 unspecified atom stereocenters. The lowest BCUT2D eigenvalue weighted by atomic mass is 10.1. The number of aliphatic imine (C=N–C) groups is 1. The zero-order chi connectivity index (χ0) is 17.6. The fourth-order valence-corrected chi connectivity index (χ4v) is 3.43. The molecule has 4 rings (SSSR count). The molecule has 2 aliphatic heterocycles. The Morgan fingerprint density at radius 3 is 2.88 bits per heavy atom. The number of amides is 1. The van der Waals surface area contributed by atoms with Gasteiger partial charge in [0.1, 0.15) is 11.5 Å². The lowest BCUT2D eigenvalue weighted by molar-refractivity contribution is -0.114. The highest BCUT2D eigenvalue weighted by atomic mass is 35.5. The minimum atomic E-state index is -0.482. The maximum absolute atomic E-state index is 12.2. The van der Waals surface area contributed by atoms with Crippen LogP contribution in [0.15, 0.2) is 56.5 Å². The van der Waals surface area contributed by atoms with Gasteiger partial charge in [0.25, 0.3) is 5.91 Å². The van der Waals surface area contributed by atoms with Gasteiger partial charge in [-0.05, 0) is 49.0 Å². The Balaban J connectivity index is 1.69. The van der Waals surface area contributed by atoms with Crippen molar-refractivity contribution >= 4 is 51.4 Å². The molecule has 1 aromatic heterocycles. The van der Waals surface area contributed by atoms with E-state index in [1.165, 1.54) is 22.8 Å². The second-order valence-electron chi connectivity index (χ2n) is 5.32. The van der Waals surface area contributed by atoms with Gasteiger partial charge in [0.15, 0.2) is 5.84 Å². The molecule has 6 nitrogen and oxygen atoms in total. The number of nitrogens with zero attached hydrogens (tertiary/aromatic N) is 3. The van der Waals surface area contributed by atoms with Gasteiger partial charge < -0.3 is 4.42 Å². The third-order valence-corrected chi connectivity index (χ3v) is 4.76. The van der Waals surface area contributed by atoms with Crippen molar-refractivity contribution in [2.75, 3.05) is 0 Å². The van der Waals surface area contributed by atoms with E-state index in [0.717, 1.165) is 10.6 Å². The van der Waals surface area contributed by atoms with Gasteiger partial charge in [0.2, 0.25) is 5.17 Å². The molecule has 0 spiro atoms. The lowest BCUT2D eigenvalue weighted by Crippen LogP contribution is -2.35. The van der Waals surface area contributed by atoms with Crippen LogP contribution in [0.5, 0.6) is 0 Å². The van der Waals surface area contributed by atoms with Gasteiger partial charge in [0.05, 0.1) is 15.6 Å². The molecular formula is C17H11ClN4O2S. The van der Waals surface area contributed by atoms with Crippen LogP contribution in [0.4, 0.5) is 0 Å². The van der Waals surface area contributed by atoms with E-state index < -0.39 is 5.91 Å². The molecule has 0 bridgehead atoms. The first-order valence-electron chi connectivity index (χ1n) is 7.34. The standard InChI is InChI=1S/C17H11ClN4O2S/c1-9-21-22-15(19)12(16(23)20-17(22)25-9)8-10-6-7-14(24-10)11-4-2-3-5-13(11)18/h2-8,19H,1H3/b12-8-,19-15?. The van der Waals surface area contributed by atoms with E-state index in [1.807, 2.05) is 18.2 Å². The number of furan rings is 1. The Morgan fingerprint density at radius 2 is 2.08 bits per heavy atom. The van der Waals surface area contributed by atoms with Crippen LogP contribution in [-0.4, -0.2) is 27.0 Å². The van der Waals surface area contributed by atoms with Crippen molar-refractivity contribution < 1.29 is 9.21 Å². The molecule has 0 atom stereocenters. The van der Waals surface area contributed by atoms with Crippen LogP contribution in [0.1, 0.15) is 12.7 Å². The number of nitrogens with one attached hydrogen (secondary N) is 1. The van der Waals surface area contributed by atoms with Crippen LogP contribution in [0.3, 0.4) is 0 Å². The first kappa shape index (κ1) is 15.9. The Morgan fingerprint density at radius 1 is 1.28 bits per heavy atom. The topological polar surface area (TPSA) is 82.0 Å². The van der Waals surface area contributed by atoms with Gasteiger partial charge in [-0.25, -0.2) is 0 Å². The third kappa shape index (κ3) is 2.81. The summed E-state index contributed by atoms with van der Waals surface area (Å²) in [5.41, 5.74) is 0.887. The average Bonchev–Trinajstić information content (AvgIpc) is 3.18. The predicted molar refractivity (Wildman–Crippen MR) is 99.8 cm³/mol. The Hall–Kier alpha value is -2.64. The van der Waals surface area contributed by atoms with E-state index in [4.69, 9.17) is 21.4 Å². The molecule has 0 fully saturated rings. The SMILES string of the molecule is CC1=NN2C(=N)/C(=C/c3ccc(-c4ccccc4Cl)o3)C(=O)N=C2S1. The molecule has 0 saturated heterocycles. The van der Waals surface area contributed by atoms with Crippen molar-refractivity contribution in [3.05, 3.63) is 52.8 Å². The van der Waals surface area contributed by atoms with Crippen LogP contribution in [0, 0.1) is 5.41 Å². The number of thioether (sulfide) groups is 1. The number of rotatable bonds is 2. The molecule has 2 aliphatic rings. The lowest BCUT2D eigenvalue weighted by Gasteiger charge is -2.19. The largest absolute Gasteiger partial charge is 0.457 e. The Labute approximate surface area is 152 Å². The van der Waals surface area contributed by atoms with Crippen LogP contribution in [-0.2, 0) is 4.79 Å². The fourth-order valence-electron chi connectivity index (χ4n) is 2.47. The van der Waals surface area contributed by atoms with Crippen molar-refractivity contribution in [1.29, 1.82) is 5.41 Å². The molecule has 0 aliphatic carbocycles. The smallest absolute Gasteiger partial charge is 0.283 e. The summed E-state index contributed by atoms with van der Waals surface area (Å²) in [6.07, 6.45) is 1.50. The maximum atomic E-state index is 12.2. The molecule has 1 aromatic carbocycles. The van der Waals surface area contributed by atoms with Gasteiger partial charge in [-0.1, -0.05) is 23.7 Å². The summed E-state index contributed by atoms with van der Waals surface area (Å²) >= 11 is 7.44. The van der Waals surface area contributed by atoms with E-state index in [9.17, 15) is 4.79 Å². The van der Waals surface area contributed by atoms with E-state index in [1.54, 1.807) is 25.1 Å². The van der Waals surface area contributed by atoms with Crippen molar-refractivity contribution in [2.45, 2.75) is 6.92 Å². The van der Waals surface area contributed by atoms with Gasteiger partial charge in [-0.2, -0.15) is 15.1 Å². The maximum Gasteiger partial charge on any atom is 0.283 e. The normalized spacial score (nSPS) is 18.5. The quantitative estimate of drug-likeness (QED) is 0.801. The van der Waals surface area contributed by atoms with Crippen molar-refractivity contribution in [2.24, 2.45) is 10.1 Å². The summed E-state index contributed by atoms with van der Waals surface area (Å²) in [7, 11) is 0. The first-order chi connectivity index (χ1) is 12.0. The summed E-state index contributed by atoms with van der Waals surface area (Å²) in [5, 5.41) is 15.5. The molecule has 8 heteroatoms. The summed E-state index contributed by atoms with van der Waals surface area (Å²) < 4.78 is 5.76. The van der Waals surface area contributed by atoms with Gasteiger partial charge >= 0.3 is 0 Å². The molecule has 0 radical (unpaired) electrons. The Bertz CT molecular complexity index is 1010. The van der Waals surface area contributed by atoms with Crippen LogP contribution in [0.25, 0.3) is 17.4 Å². The number of fused-ring (bicyclic) bond motifs is 1. The predicted octanol–water partition coefficient (Wildman–Crippen LogP) is 4.24. The van der Waals surface area contributed by atoms with Crippen molar-refractivity contribution in [1.82, 2.24) is 5.01 Å². The minimum Gasteiger partial charge on any atom is -0.457 e. The zero-order valence-corrected chi connectivity index (χ0v) is 14.6. The second-order valence-corrected chi connectivity index (χ2v) is 6.89. The monoisotopic (exact) mass is 370 g/mol. The van der Waals surface area contributed by atoms with Crippen molar-refractivity contribution in [3.8, 4) is 11.3 Å². The average molecular weight is 371 g/mol. The number of benzene rings is 1. The number of halogens is 1. The number of amidine groups is 2. The molecule has 25 heavy (non-hydrogen) atoms. The van der Waals surface area contributed by atoms with Gasteiger partial charge in [-0.15, -0.1) is 0 Å². The second kappa shape index (κ2) is 6.02. The van der Waals surface area contributed by atoms with Crippen LogP contribution < -0.4 is 0 Å². The van der Waals surface area contributed by atoms with E-state index >= 15 is 0 Å². The number of carbonyl (C=O) groups excluding carboxylic acids is 1. The number of hydrazone groups is 1. The molecule has 124 valence electrons. The number of hydrogen-bond acceptors (Lipinski definition) is 5. The molecular weight excluding hydrogens is 360 g/mol. The summed E-state index contributed by atoms with van der Waals surface area (Å²) in [5.74, 6) is 0.524. The minimum absolute atomic E-state index is 0.0185. The third-order valence-electron chi connectivity index (χ3n) is 3.61. The molecule has 1 N–H and O–H groups in total. The van der Waals surface area contributed by atoms with Crippen molar-refractivity contribution in [3.63, 3.8) is 0 Å². The van der Waals surface area contributed by atoms with Gasteiger partial charge in [-0.3, -0.25) is 10.2 Å². The van der Waals surface area contributed by atoms with Gasteiger partial charge in [0, 0.05) is 5.56 Å². The number of carbonyl (C=O) groups is 1. The summed E-state index contributed by atoms with van der Waals surface area (Å²) in [6, 6.07) is 10.8. The van der Waals surface area contributed by atoms with E-state index in [-0.39, 0.29) is 11.4 Å². The van der Waals surface area contributed by atoms with E-state index in [0.29, 0.717) is 21.7 Å².